The molecular weight excluding hydrogens is 209 g/mol. The Kier molecular flexibility index (Phi) is 1.99. The van der Waals surface area contributed by atoms with Crippen molar-refractivity contribution in [2.45, 2.75) is 6.18 Å². The maximum atomic E-state index is 12.3. The van der Waals surface area contributed by atoms with Gasteiger partial charge in [0, 0.05) is 17.8 Å². The van der Waals surface area contributed by atoms with Gasteiger partial charge in [0.25, 0.3) is 5.56 Å². The Morgan fingerprint density at radius 1 is 1.33 bits per heavy atom. The SMILES string of the molecule is O=c1[nH]c2ccncc2cc1C(F)(F)F. The predicted octanol–water partition coefficient (Wildman–Crippen LogP) is 1.94. The minimum atomic E-state index is -4.64. The Bertz CT molecular complexity index is 559. The normalized spacial score (nSPS) is 11.9. The molecule has 0 radical (unpaired) electrons. The monoisotopic (exact) mass is 214 g/mol. The second-order valence-corrected chi connectivity index (χ2v) is 2.97. The zero-order chi connectivity index (χ0) is 11.1. The standard InChI is InChI=1S/C9H5F3N2O/c10-9(11,12)6-3-5-4-13-2-1-7(5)14-8(6)15/h1-4H,(H,14,15). The molecule has 0 unspecified atom stereocenters. The number of pyridine rings is 2. The van der Waals surface area contributed by atoms with Crippen LogP contribution in [-0.4, -0.2) is 9.97 Å². The highest BCUT2D eigenvalue weighted by molar-refractivity contribution is 5.77. The van der Waals surface area contributed by atoms with Crippen LogP contribution < -0.4 is 5.56 Å². The molecule has 0 spiro atoms. The molecule has 0 saturated heterocycles. The Morgan fingerprint density at radius 2 is 2.07 bits per heavy atom. The predicted molar refractivity (Wildman–Crippen MR) is 47.4 cm³/mol. The van der Waals surface area contributed by atoms with Gasteiger partial charge in [-0.25, -0.2) is 0 Å². The van der Waals surface area contributed by atoms with Crippen LogP contribution in [0.3, 0.4) is 0 Å². The van der Waals surface area contributed by atoms with Crippen molar-refractivity contribution < 1.29 is 13.2 Å². The van der Waals surface area contributed by atoms with Gasteiger partial charge in [0.1, 0.15) is 5.56 Å². The number of nitrogens with one attached hydrogen (secondary N) is 1. The van der Waals surface area contributed by atoms with Crippen LogP contribution in [0.25, 0.3) is 10.9 Å². The van der Waals surface area contributed by atoms with Crippen LogP contribution in [0, 0.1) is 0 Å². The average Bonchev–Trinajstić information content (AvgIpc) is 2.15. The minimum Gasteiger partial charge on any atom is -0.321 e. The molecule has 0 amide bonds. The molecule has 0 saturated carbocycles. The molecule has 0 aliphatic heterocycles. The number of H-pyrrole nitrogens is 1. The van der Waals surface area contributed by atoms with Crippen LogP contribution in [0.4, 0.5) is 13.2 Å². The summed E-state index contributed by atoms with van der Waals surface area (Å²) < 4.78 is 37.0. The number of nitrogens with zero attached hydrogens (tertiary/aromatic N) is 1. The van der Waals surface area contributed by atoms with Crippen molar-refractivity contribution in [1.29, 1.82) is 0 Å². The van der Waals surface area contributed by atoms with Crippen LogP contribution in [0.1, 0.15) is 5.56 Å². The largest absolute Gasteiger partial charge is 0.421 e. The smallest absolute Gasteiger partial charge is 0.321 e. The van der Waals surface area contributed by atoms with E-state index in [0.717, 1.165) is 6.07 Å². The second kappa shape index (κ2) is 3.08. The maximum absolute atomic E-state index is 12.3. The van der Waals surface area contributed by atoms with Gasteiger partial charge in [-0.05, 0) is 12.1 Å². The lowest BCUT2D eigenvalue weighted by Crippen LogP contribution is -2.21. The Morgan fingerprint density at radius 3 is 2.73 bits per heavy atom. The highest BCUT2D eigenvalue weighted by Gasteiger charge is 2.34. The van der Waals surface area contributed by atoms with Crippen LogP contribution in [0.2, 0.25) is 0 Å². The van der Waals surface area contributed by atoms with Gasteiger partial charge in [-0.1, -0.05) is 0 Å². The number of aromatic nitrogens is 2. The topological polar surface area (TPSA) is 45.8 Å². The third-order valence-corrected chi connectivity index (χ3v) is 1.95. The van der Waals surface area contributed by atoms with E-state index in [9.17, 15) is 18.0 Å². The Hall–Kier alpha value is -1.85. The van der Waals surface area contributed by atoms with Crippen molar-refractivity contribution in [3.8, 4) is 0 Å². The van der Waals surface area contributed by atoms with Crippen molar-refractivity contribution >= 4 is 10.9 Å². The first-order valence-electron chi connectivity index (χ1n) is 4.03. The first-order valence-corrected chi connectivity index (χ1v) is 4.03. The van der Waals surface area contributed by atoms with Gasteiger partial charge in [0.05, 0.1) is 5.52 Å². The molecule has 78 valence electrons. The molecular formula is C9H5F3N2O. The number of hydrogen-bond donors (Lipinski definition) is 1. The lowest BCUT2D eigenvalue weighted by Gasteiger charge is -2.06. The summed E-state index contributed by atoms with van der Waals surface area (Å²) in [5.41, 5.74) is -2.01. The van der Waals surface area contributed by atoms with Crippen molar-refractivity contribution in [3.05, 3.63) is 40.4 Å². The van der Waals surface area contributed by atoms with E-state index in [0.29, 0.717) is 5.52 Å². The lowest BCUT2D eigenvalue weighted by molar-refractivity contribution is -0.138. The second-order valence-electron chi connectivity index (χ2n) is 2.97. The van der Waals surface area contributed by atoms with Gasteiger partial charge in [-0.15, -0.1) is 0 Å². The van der Waals surface area contributed by atoms with E-state index in [2.05, 4.69) is 9.97 Å². The van der Waals surface area contributed by atoms with E-state index in [-0.39, 0.29) is 5.39 Å². The first-order chi connectivity index (χ1) is 6.98. The quantitative estimate of drug-likeness (QED) is 0.728. The third kappa shape index (κ3) is 1.70. The van der Waals surface area contributed by atoms with Crippen molar-refractivity contribution in [1.82, 2.24) is 9.97 Å². The van der Waals surface area contributed by atoms with Crippen molar-refractivity contribution in [2.24, 2.45) is 0 Å². The fraction of sp³-hybridized carbons (Fsp3) is 0.111. The molecule has 2 rings (SSSR count). The van der Waals surface area contributed by atoms with E-state index in [4.69, 9.17) is 0 Å². The van der Waals surface area contributed by atoms with Gasteiger partial charge in [0.15, 0.2) is 0 Å². The number of rotatable bonds is 0. The van der Waals surface area contributed by atoms with Gasteiger partial charge in [-0.3, -0.25) is 9.78 Å². The van der Waals surface area contributed by atoms with Crippen LogP contribution in [0.5, 0.6) is 0 Å². The molecule has 2 aromatic rings. The molecule has 0 atom stereocenters. The molecule has 3 nitrogen and oxygen atoms in total. The van der Waals surface area contributed by atoms with Gasteiger partial charge >= 0.3 is 6.18 Å². The highest BCUT2D eigenvalue weighted by Crippen LogP contribution is 2.27. The average molecular weight is 214 g/mol. The number of halogens is 3. The Balaban J connectivity index is 2.79. The van der Waals surface area contributed by atoms with E-state index >= 15 is 0 Å². The maximum Gasteiger partial charge on any atom is 0.421 e. The van der Waals surface area contributed by atoms with Gasteiger partial charge in [0.2, 0.25) is 0 Å². The molecule has 0 bridgehead atoms. The van der Waals surface area contributed by atoms with Crippen LogP contribution >= 0.6 is 0 Å². The highest BCUT2D eigenvalue weighted by atomic mass is 19.4. The van der Waals surface area contributed by atoms with E-state index in [1.54, 1.807) is 0 Å². The molecule has 0 aliphatic rings. The number of alkyl halides is 3. The fourth-order valence-electron chi connectivity index (χ4n) is 1.26. The summed E-state index contributed by atoms with van der Waals surface area (Å²) in [7, 11) is 0. The summed E-state index contributed by atoms with van der Waals surface area (Å²) >= 11 is 0. The summed E-state index contributed by atoms with van der Waals surface area (Å²) in [4.78, 5) is 16.9. The fourth-order valence-corrected chi connectivity index (χ4v) is 1.26. The molecule has 0 aromatic carbocycles. The molecule has 15 heavy (non-hydrogen) atoms. The zero-order valence-electron chi connectivity index (χ0n) is 7.30. The molecule has 1 N–H and O–H groups in total. The number of aromatic amines is 1. The molecule has 2 heterocycles. The number of fused-ring (bicyclic) bond motifs is 1. The summed E-state index contributed by atoms with van der Waals surface area (Å²) in [6, 6.07) is 2.23. The summed E-state index contributed by atoms with van der Waals surface area (Å²) in [5.74, 6) is 0. The van der Waals surface area contributed by atoms with E-state index in [1.165, 1.54) is 18.5 Å². The van der Waals surface area contributed by atoms with Gasteiger partial charge < -0.3 is 4.98 Å². The third-order valence-electron chi connectivity index (χ3n) is 1.95. The molecule has 2 aromatic heterocycles. The van der Waals surface area contributed by atoms with Crippen molar-refractivity contribution in [3.63, 3.8) is 0 Å². The van der Waals surface area contributed by atoms with Gasteiger partial charge in [-0.2, -0.15) is 13.2 Å². The summed E-state index contributed by atoms with van der Waals surface area (Å²) in [6.07, 6.45) is -1.98. The zero-order valence-corrected chi connectivity index (χ0v) is 7.30. The van der Waals surface area contributed by atoms with Crippen LogP contribution in [-0.2, 0) is 6.18 Å². The van der Waals surface area contributed by atoms with E-state index < -0.39 is 17.3 Å². The summed E-state index contributed by atoms with van der Waals surface area (Å²) in [5, 5.41) is 0.254. The van der Waals surface area contributed by atoms with Crippen molar-refractivity contribution in [2.75, 3.05) is 0 Å². The molecule has 0 aliphatic carbocycles. The Labute approximate surface area is 81.6 Å². The van der Waals surface area contributed by atoms with Crippen LogP contribution in [0.15, 0.2) is 29.3 Å². The molecule has 0 fully saturated rings. The minimum absolute atomic E-state index is 0.254. The summed E-state index contributed by atoms with van der Waals surface area (Å²) in [6.45, 7) is 0. The van der Waals surface area contributed by atoms with E-state index in [1.807, 2.05) is 0 Å². The lowest BCUT2D eigenvalue weighted by atomic mass is 10.2. The number of hydrogen-bond acceptors (Lipinski definition) is 2. The first kappa shape index (κ1) is 9.70. The molecule has 6 heteroatoms.